The smallest absolute Gasteiger partial charge is 0.165 e. The van der Waals surface area contributed by atoms with Crippen LogP contribution in [0.5, 0.6) is 0 Å². The number of para-hydroxylation sites is 2. The van der Waals surface area contributed by atoms with Gasteiger partial charge in [0, 0.05) is 43.3 Å². The van der Waals surface area contributed by atoms with Gasteiger partial charge in [-0.15, -0.1) is 0 Å². The first-order chi connectivity index (χ1) is 23.8. The van der Waals surface area contributed by atoms with E-state index in [0.29, 0.717) is 0 Å². The van der Waals surface area contributed by atoms with Crippen LogP contribution in [0.1, 0.15) is 0 Å². The van der Waals surface area contributed by atoms with Gasteiger partial charge in [0.1, 0.15) is 5.69 Å². The van der Waals surface area contributed by atoms with Crippen molar-refractivity contribution in [3.8, 4) is 17.1 Å². The largest absolute Gasteiger partial charge is 0.307 e. The van der Waals surface area contributed by atoms with Crippen LogP contribution in [0.2, 0.25) is 0 Å². The highest BCUT2D eigenvalue weighted by Crippen LogP contribution is 2.48. The Morgan fingerprint density at radius 2 is 1.00 bits per heavy atom. The highest BCUT2D eigenvalue weighted by molar-refractivity contribution is 6.38. The number of nitrogens with zero attached hydrogens (tertiary/aromatic N) is 4. The van der Waals surface area contributed by atoms with Crippen molar-refractivity contribution in [1.82, 2.24) is 18.9 Å². The first-order valence-electron chi connectivity index (χ1n) is 16.4. The Morgan fingerprint density at radius 3 is 1.83 bits per heavy atom. The number of aromatic nitrogens is 4. The van der Waals surface area contributed by atoms with Crippen molar-refractivity contribution in [2.75, 3.05) is 0 Å². The molecular formula is C44H24N4. The zero-order chi connectivity index (χ0) is 31.1. The maximum Gasteiger partial charge on any atom is 0.165 e. The molecule has 4 aromatic heterocycles. The van der Waals surface area contributed by atoms with E-state index in [9.17, 15) is 0 Å². The van der Waals surface area contributed by atoms with E-state index in [1.165, 1.54) is 70.4 Å². The molecule has 0 amide bonds. The minimum Gasteiger partial charge on any atom is -0.307 e. The molecule has 4 heterocycles. The Kier molecular flexibility index (Phi) is 4.44. The van der Waals surface area contributed by atoms with Gasteiger partial charge in [0.15, 0.2) is 5.82 Å². The third-order valence-electron chi connectivity index (χ3n) is 10.6. The molecule has 0 N–H and O–H groups in total. The minimum absolute atomic E-state index is 0.843. The van der Waals surface area contributed by atoms with Crippen molar-refractivity contribution >= 4 is 92.5 Å². The van der Waals surface area contributed by atoms with E-state index in [0.717, 1.165) is 39.1 Å². The molecule has 0 radical (unpaired) electrons. The van der Waals surface area contributed by atoms with Crippen LogP contribution in [0.25, 0.3) is 110 Å². The molecule has 8 aromatic carbocycles. The molecule has 0 bridgehead atoms. The zero-order valence-corrected chi connectivity index (χ0v) is 25.6. The molecule has 0 saturated heterocycles. The maximum atomic E-state index is 5.39. The SMILES string of the molecule is c1ccc(-c2nc3ccccc3nc2-n2c3ccc4cccc5c4c3c3c4c(ccc6c7ccc8ccccc8c7n5c64)ccc32)cc1. The van der Waals surface area contributed by atoms with Crippen LogP contribution in [0.3, 0.4) is 0 Å². The molecule has 0 saturated carbocycles. The Labute approximate surface area is 273 Å². The lowest BCUT2D eigenvalue weighted by Gasteiger charge is -2.14. The second-order valence-corrected chi connectivity index (χ2v) is 13.0. The lowest BCUT2D eigenvalue weighted by molar-refractivity contribution is 1.08. The molecule has 4 heteroatoms. The molecule has 0 fully saturated rings. The summed E-state index contributed by atoms with van der Waals surface area (Å²) in [7, 11) is 0. The average molecular weight is 609 g/mol. The number of hydrogen-bond acceptors (Lipinski definition) is 2. The molecule has 0 aliphatic heterocycles. The van der Waals surface area contributed by atoms with Gasteiger partial charge in [-0.3, -0.25) is 4.57 Å². The van der Waals surface area contributed by atoms with Gasteiger partial charge in [-0.05, 0) is 46.5 Å². The van der Waals surface area contributed by atoms with Crippen molar-refractivity contribution in [1.29, 1.82) is 0 Å². The molecule has 0 aliphatic rings. The molecule has 12 aromatic rings. The van der Waals surface area contributed by atoms with Gasteiger partial charge in [0.2, 0.25) is 0 Å². The summed E-state index contributed by atoms with van der Waals surface area (Å²) in [5.74, 6) is 0.843. The highest BCUT2D eigenvalue weighted by atomic mass is 15.1. The third kappa shape index (κ3) is 2.92. The molecule has 0 atom stereocenters. The van der Waals surface area contributed by atoms with E-state index in [-0.39, 0.29) is 0 Å². The first-order valence-corrected chi connectivity index (χ1v) is 16.4. The van der Waals surface area contributed by atoms with E-state index in [1.54, 1.807) is 0 Å². The van der Waals surface area contributed by atoms with Crippen molar-refractivity contribution in [2.24, 2.45) is 0 Å². The number of rotatable bonds is 2. The maximum absolute atomic E-state index is 5.39. The molecule has 0 spiro atoms. The fraction of sp³-hybridized carbons (Fsp3) is 0. The van der Waals surface area contributed by atoms with E-state index in [2.05, 4.69) is 142 Å². The second kappa shape index (κ2) is 8.64. The van der Waals surface area contributed by atoms with Crippen molar-refractivity contribution in [3.05, 3.63) is 146 Å². The van der Waals surface area contributed by atoms with Gasteiger partial charge in [-0.1, -0.05) is 115 Å². The summed E-state index contributed by atoms with van der Waals surface area (Å²) < 4.78 is 4.93. The lowest BCUT2D eigenvalue weighted by Crippen LogP contribution is -2.03. The predicted molar refractivity (Wildman–Crippen MR) is 200 cm³/mol. The van der Waals surface area contributed by atoms with E-state index in [4.69, 9.17) is 9.97 Å². The van der Waals surface area contributed by atoms with E-state index >= 15 is 0 Å². The third-order valence-corrected chi connectivity index (χ3v) is 10.6. The normalized spacial score (nSPS) is 12.6. The summed E-state index contributed by atoms with van der Waals surface area (Å²) in [5.41, 5.74) is 9.70. The fourth-order valence-electron chi connectivity index (χ4n) is 8.61. The Bertz CT molecular complexity index is 3280. The van der Waals surface area contributed by atoms with Crippen LogP contribution in [0.15, 0.2) is 146 Å². The van der Waals surface area contributed by atoms with Gasteiger partial charge in [0.25, 0.3) is 0 Å². The topological polar surface area (TPSA) is 35.1 Å². The van der Waals surface area contributed by atoms with Gasteiger partial charge < -0.3 is 4.40 Å². The molecule has 0 aliphatic carbocycles. The van der Waals surface area contributed by atoms with Gasteiger partial charge >= 0.3 is 0 Å². The fourth-order valence-corrected chi connectivity index (χ4v) is 8.61. The predicted octanol–water partition coefficient (Wildman–Crippen LogP) is 11.3. The van der Waals surface area contributed by atoms with Gasteiger partial charge in [-0.25, -0.2) is 9.97 Å². The molecule has 48 heavy (non-hydrogen) atoms. The van der Waals surface area contributed by atoms with Crippen LogP contribution in [0, 0.1) is 0 Å². The number of benzene rings is 8. The summed E-state index contributed by atoms with van der Waals surface area (Å²) in [6.45, 7) is 0. The quantitative estimate of drug-likeness (QED) is 0.196. The minimum atomic E-state index is 0.843. The molecule has 0 unspecified atom stereocenters. The lowest BCUT2D eigenvalue weighted by atomic mass is 9.98. The van der Waals surface area contributed by atoms with Crippen molar-refractivity contribution in [2.45, 2.75) is 0 Å². The van der Waals surface area contributed by atoms with Crippen molar-refractivity contribution < 1.29 is 0 Å². The Hall–Kier alpha value is -6.52. The second-order valence-electron chi connectivity index (χ2n) is 13.0. The number of fused-ring (bicyclic) bond motifs is 7. The monoisotopic (exact) mass is 608 g/mol. The van der Waals surface area contributed by atoms with Crippen LogP contribution in [0.4, 0.5) is 0 Å². The summed E-state index contributed by atoms with van der Waals surface area (Å²) in [5, 5.41) is 12.6. The average Bonchev–Trinajstić information content (AvgIpc) is 3.63. The standard InChI is InChI=1S/C44H24N4/c1-2-10-28(11-3-1)41-44(46-33-15-7-6-14-32(33)45-41)47-35-23-19-26-12-8-16-34-37(26)39(35)40-36(47)24-20-27-18-22-31-30-21-17-25-9-4-5-13-29(25)42(30)48(34)43(31)38(27)40/h1-24H. The summed E-state index contributed by atoms with van der Waals surface area (Å²) in [6, 6.07) is 52.6. The van der Waals surface area contributed by atoms with Gasteiger partial charge in [0.05, 0.1) is 38.6 Å². The Morgan fingerprint density at radius 1 is 0.375 bits per heavy atom. The molecule has 4 nitrogen and oxygen atoms in total. The highest BCUT2D eigenvalue weighted by Gasteiger charge is 2.26. The van der Waals surface area contributed by atoms with Crippen molar-refractivity contribution in [3.63, 3.8) is 0 Å². The van der Waals surface area contributed by atoms with Crippen LogP contribution in [-0.2, 0) is 0 Å². The van der Waals surface area contributed by atoms with Crippen LogP contribution >= 0.6 is 0 Å². The first kappa shape index (κ1) is 24.7. The summed E-state index contributed by atoms with van der Waals surface area (Å²) in [4.78, 5) is 10.7. The molecule has 220 valence electrons. The molecule has 12 rings (SSSR count). The summed E-state index contributed by atoms with van der Waals surface area (Å²) in [6.07, 6.45) is 0. The van der Waals surface area contributed by atoms with E-state index < -0.39 is 0 Å². The zero-order valence-electron chi connectivity index (χ0n) is 25.6. The van der Waals surface area contributed by atoms with Crippen LogP contribution < -0.4 is 0 Å². The summed E-state index contributed by atoms with van der Waals surface area (Å²) >= 11 is 0. The molecular weight excluding hydrogens is 585 g/mol. The van der Waals surface area contributed by atoms with Crippen LogP contribution in [-0.4, -0.2) is 18.9 Å². The Balaban J connectivity index is 1.38. The van der Waals surface area contributed by atoms with E-state index in [1.807, 2.05) is 12.1 Å². The van der Waals surface area contributed by atoms with Gasteiger partial charge in [-0.2, -0.15) is 0 Å². The number of hydrogen-bond donors (Lipinski definition) is 0.